The van der Waals surface area contributed by atoms with Crippen molar-refractivity contribution in [2.24, 2.45) is 0 Å². The molecular formula is C18H26O2Si. The van der Waals surface area contributed by atoms with Gasteiger partial charge in [-0.15, -0.1) is 11.5 Å². The molecule has 0 heterocycles. The first kappa shape index (κ1) is 17.7. The second kappa shape index (κ2) is 9.57. The van der Waals surface area contributed by atoms with Crippen molar-refractivity contribution in [1.29, 1.82) is 0 Å². The van der Waals surface area contributed by atoms with E-state index in [1.807, 2.05) is 30.4 Å². The van der Waals surface area contributed by atoms with Crippen molar-refractivity contribution in [2.75, 3.05) is 6.61 Å². The summed E-state index contributed by atoms with van der Waals surface area (Å²) in [6.45, 7) is 7.91. The minimum absolute atomic E-state index is 0.469. The van der Waals surface area contributed by atoms with Gasteiger partial charge in [-0.25, -0.2) is 0 Å². The molecule has 1 unspecified atom stereocenters. The van der Waals surface area contributed by atoms with E-state index in [9.17, 15) is 5.11 Å². The molecule has 0 aliphatic heterocycles. The van der Waals surface area contributed by atoms with Crippen LogP contribution in [0.3, 0.4) is 0 Å². The number of hydrogen-bond acceptors (Lipinski definition) is 2. The first-order chi connectivity index (χ1) is 9.97. The Labute approximate surface area is 129 Å². The lowest BCUT2D eigenvalue weighted by Crippen LogP contribution is -2.16. The van der Waals surface area contributed by atoms with E-state index in [0.29, 0.717) is 19.6 Å². The summed E-state index contributed by atoms with van der Waals surface area (Å²) in [5.41, 5.74) is 4.44. The number of benzene rings is 1. The monoisotopic (exact) mass is 302 g/mol. The number of aliphatic hydroxyl groups is 1. The Morgan fingerprint density at radius 2 is 1.95 bits per heavy atom. The van der Waals surface area contributed by atoms with Gasteiger partial charge in [0.05, 0.1) is 19.3 Å². The smallest absolute Gasteiger partial charge is 0.129 e. The van der Waals surface area contributed by atoms with E-state index in [1.165, 1.54) is 5.56 Å². The van der Waals surface area contributed by atoms with Crippen molar-refractivity contribution >= 4 is 8.07 Å². The Morgan fingerprint density at radius 1 is 1.24 bits per heavy atom. The molecule has 3 heteroatoms. The average Bonchev–Trinajstić information content (AvgIpc) is 2.42. The van der Waals surface area contributed by atoms with Gasteiger partial charge in [-0.3, -0.25) is 0 Å². The second-order valence-electron chi connectivity index (χ2n) is 6.08. The summed E-state index contributed by atoms with van der Waals surface area (Å²) in [7, 11) is -1.32. The third kappa shape index (κ3) is 10.1. The second-order valence-corrected chi connectivity index (χ2v) is 10.8. The molecule has 0 aliphatic rings. The van der Waals surface area contributed by atoms with Crippen LogP contribution >= 0.6 is 0 Å². The van der Waals surface area contributed by atoms with Crippen LogP contribution in [0.1, 0.15) is 18.4 Å². The number of ether oxygens (including phenoxy) is 1. The van der Waals surface area contributed by atoms with Crippen molar-refractivity contribution in [3.05, 3.63) is 48.0 Å². The van der Waals surface area contributed by atoms with E-state index in [-0.39, 0.29) is 0 Å². The highest BCUT2D eigenvalue weighted by atomic mass is 28.3. The molecule has 0 saturated carbocycles. The lowest BCUT2D eigenvalue weighted by Gasteiger charge is -2.04. The molecule has 2 nitrogen and oxygen atoms in total. The summed E-state index contributed by atoms with van der Waals surface area (Å²) in [4.78, 5) is 0. The van der Waals surface area contributed by atoms with Gasteiger partial charge in [-0.2, -0.15) is 0 Å². The lowest BCUT2D eigenvalue weighted by molar-refractivity contribution is 0.125. The van der Waals surface area contributed by atoms with Gasteiger partial charge in [0.2, 0.25) is 0 Å². The number of aliphatic hydroxyl groups excluding tert-OH is 1. The molecule has 1 aromatic rings. The minimum Gasteiger partial charge on any atom is -0.388 e. The van der Waals surface area contributed by atoms with Gasteiger partial charge in [0.25, 0.3) is 0 Å². The third-order valence-corrected chi connectivity index (χ3v) is 3.60. The van der Waals surface area contributed by atoms with Gasteiger partial charge in [-0.05, 0) is 12.0 Å². The Hall–Kier alpha value is -1.34. The maximum Gasteiger partial charge on any atom is 0.129 e. The van der Waals surface area contributed by atoms with Crippen LogP contribution in [0.2, 0.25) is 19.6 Å². The number of hydrogen-bond donors (Lipinski definition) is 1. The lowest BCUT2D eigenvalue weighted by atomic mass is 10.2. The fourth-order valence-electron chi connectivity index (χ4n) is 1.66. The molecule has 0 radical (unpaired) electrons. The zero-order valence-electron chi connectivity index (χ0n) is 13.3. The van der Waals surface area contributed by atoms with Gasteiger partial charge in [0.1, 0.15) is 8.07 Å². The van der Waals surface area contributed by atoms with Gasteiger partial charge in [-0.1, -0.05) is 62.1 Å². The van der Waals surface area contributed by atoms with Crippen LogP contribution in [0.25, 0.3) is 0 Å². The van der Waals surface area contributed by atoms with E-state index in [1.54, 1.807) is 0 Å². The Morgan fingerprint density at radius 3 is 2.62 bits per heavy atom. The summed E-state index contributed by atoms with van der Waals surface area (Å²) in [6, 6.07) is 10.1. The van der Waals surface area contributed by atoms with Crippen LogP contribution in [-0.2, 0) is 11.3 Å². The SMILES string of the molecule is C[Si](C)(C)C#CCC(O)/C=C/CCOCc1ccccc1. The predicted octanol–water partition coefficient (Wildman–Crippen LogP) is 3.78. The summed E-state index contributed by atoms with van der Waals surface area (Å²) in [6.07, 6.45) is 4.64. The highest BCUT2D eigenvalue weighted by Gasteiger charge is 2.07. The van der Waals surface area contributed by atoms with Crippen LogP contribution in [0, 0.1) is 11.5 Å². The molecule has 1 atom stereocenters. The minimum atomic E-state index is -1.32. The topological polar surface area (TPSA) is 29.5 Å². The maximum absolute atomic E-state index is 9.77. The van der Waals surface area contributed by atoms with E-state index in [0.717, 1.165) is 6.42 Å². The molecule has 21 heavy (non-hydrogen) atoms. The van der Waals surface area contributed by atoms with Crippen molar-refractivity contribution in [1.82, 2.24) is 0 Å². The van der Waals surface area contributed by atoms with Crippen molar-refractivity contribution in [3.8, 4) is 11.5 Å². The van der Waals surface area contributed by atoms with E-state index in [4.69, 9.17) is 4.74 Å². The van der Waals surface area contributed by atoms with Crippen LogP contribution in [-0.4, -0.2) is 25.9 Å². The first-order valence-electron chi connectivity index (χ1n) is 7.44. The van der Waals surface area contributed by atoms with Crippen LogP contribution < -0.4 is 0 Å². The first-order valence-corrected chi connectivity index (χ1v) is 10.9. The number of rotatable bonds is 7. The van der Waals surface area contributed by atoms with E-state index in [2.05, 4.69) is 43.2 Å². The molecular weight excluding hydrogens is 276 g/mol. The standard InChI is InChI=1S/C18H26O2Si/c1-21(2,3)15-9-13-18(19)12-7-8-14-20-16-17-10-5-4-6-11-17/h4-7,10-12,18-19H,8,13-14,16H2,1-3H3/b12-7+. The van der Waals surface area contributed by atoms with E-state index >= 15 is 0 Å². The van der Waals surface area contributed by atoms with E-state index < -0.39 is 14.2 Å². The predicted molar refractivity (Wildman–Crippen MR) is 91.6 cm³/mol. The fraction of sp³-hybridized carbons (Fsp3) is 0.444. The average molecular weight is 302 g/mol. The quantitative estimate of drug-likeness (QED) is 0.359. The summed E-state index contributed by atoms with van der Waals surface area (Å²) in [5.74, 6) is 3.08. The Kier molecular flexibility index (Phi) is 8.07. The summed E-state index contributed by atoms with van der Waals surface area (Å²) >= 11 is 0. The molecule has 1 aromatic carbocycles. The molecule has 0 spiro atoms. The van der Waals surface area contributed by atoms with Gasteiger partial charge in [0, 0.05) is 6.42 Å². The zero-order valence-corrected chi connectivity index (χ0v) is 14.3. The van der Waals surface area contributed by atoms with Gasteiger partial charge < -0.3 is 9.84 Å². The molecule has 0 bridgehead atoms. The molecule has 0 aliphatic carbocycles. The third-order valence-electron chi connectivity index (χ3n) is 2.67. The zero-order chi connectivity index (χ0) is 15.6. The molecule has 1 N–H and O–H groups in total. The van der Waals surface area contributed by atoms with Crippen LogP contribution in [0.5, 0.6) is 0 Å². The summed E-state index contributed by atoms with van der Waals surface area (Å²) < 4.78 is 5.57. The fourth-order valence-corrected chi connectivity index (χ4v) is 2.29. The molecule has 0 fully saturated rings. The molecule has 0 aromatic heterocycles. The molecule has 0 amide bonds. The molecule has 0 saturated heterocycles. The normalized spacial score (nSPS) is 13.0. The van der Waals surface area contributed by atoms with Gasteiger partial charge >= 0.3 is 0 Å². The van der Waals surface area contributed by atoms with Crippen LogP contribution in [0.15, 0.2) is 42.5 Å². The van der Waals surface area contributed by atoms with Crippen LogP contribution in [0.4, 0.5) is 0 Å². The Balaban J connectivity index is 2.12. The van der Waals surface area contributed by atoms with Crippen molar-refractivity contribution < 1.29 is 9.84 Å². The maximum atomic E-state index is 9.77. The molecule has 114 valence electrons. The van der Waals surface area contributed by atoms with Gasteiger partial charge in [0.15, 0.2) is 0 Å². The summed E-state index contributed by atoms with van der Waals surface area (Å²) in [5, 5.41) is 9.77. The Bertz CT molecular complexity index is 477. The largest absolute Gasteiger partial charge is 0.388 e. The highest BCUT2D eigenvalue weighted by Crippen LogP contribution is 2.02. The molecule has 1 rings (SSSR count). The highest BCUT2D eigenvalue weighted by molar-refractivity contribution is 6.83. The van der Waals surface area contributed by atoms with Crippen molar-refractivity contribution in [3.63, 3.8) is 0 Å². The van der Waals surface area contributed by atoms with Crippen molar-refractivity contribution in [2.45, 2.75) is 45.2 Å².